The molecule has 5 heteroatoms. The first-order valence-electron chi connectivity index (χ1n) is 6.62. The van der Waals surface area contributed by atoms with Gasteiger partial charge in [0.15, 0.2) is 0 Å². The highest BCUT2D eigenvalue weighted by atomic mass is 79.9. The summed E-state index contributed by atoms with van der Waals surface area (Å²) in [6.45, 7) is 3.54. The molecule has 0 saturated carbocycles. The van der Waals surface area contributed by atoms with Crippen molar-refractivity contribution in [2.24, 2.45) is 0 Å². The van der Waals surface area contributed by atoms with Gasteiger partial charge in [0.1, 0.15) is 0 Å². The predicted octanol–water partition coefficient (Wildman–Crippen LogP) is 3.42. The number of hydrogen-bond donors (Lipinski definition) is 1. The van der Waals surface area contributed by atoms with E-state index >= 15 is 0 Å². The number of anilines is 3. The highest BCUT2D eigenvalue weighted by Gasteiger charge is 2.10. The lowest BCUT2D eigenvalue weighted by molar-refractivity contribution is 0.122. The van der Waals surface area contributed by atoms with Gasteiger partial charge in [-0.15, -0.1) is 0 Å². The highest BCUT2D eigenvalue weighted by Crippen LogP contribution is 2.26. The Kier molecular flexibility index (Phi) is 4.18. The second-order valence-electron chi connectivity index (χ2n) is 4.63. The zero-order chi connectivity index (χ0) is 13.8. The molecule has 1 aliphatic heterocycles. The van der Waals surface area contributed by atoms with Crippen molar-refractivity contribution in [2.45, 2.75) is 0 Å². The van der Waals surface area contributed by atoms with E-state index in [1.807, 2.05) is 6.07 Å². The van der Waals surface area contributed by atoms with Gasteiger partial charge in [-0.2, -0.15) is 0 Å². The van der Waals surface area contributed by atoms with Crippen LogP contribution < -0.4 is 10.2 Å². The van der Waals surface area contributed by atoms with E-state index in [9.17, 15) is 0 Å². The van der Waals surface area contributed by atoms with Crippen LogP contribution in [-0.2, 0) is 4.74 Å². The van der Waals surface area contributed by atoms with Crippen LogP contribution in [0, 0.1) is 0 Å². The monoisotopic (exact) mass is 333 g/mol. The molecule has 3 rings (SSSR count). The average molecular weight is 334 g/mol. The molecule has 20 heavy (non-hydrogen) atoms. The zero-order valence-corrected chi connectivity index (χ0v) is 12.6. The van der Waals surface area contributed by atoms with Gasteiger partial charge < -0.3 is 15.0 Å². The van der Waals surface area contributed by atoms with Crippen LogP contribution in [0.1, 0.15) is 0 Å². The third kappa shape index (κ3) is 3.11. The molecule has 2 aromatic rings. The molecule has 1 N–H and O–H groups in total. The van der Waals surface area contributed by atoms with Crippen LogP contribution >= 0.6 is 15.9 Å². The summed E-state index contributed by atoms with van der Waals surface area (Å²) in [5.74, 6) is 0. The van der Waals surface area contributed by atoms with Crippen LogP contribution in [0.5, 0.6) is 0 Å². The Morgan fingerprint density at radius 3 is 2.55 bits per heavy atom. The van der Waals surface area contributed by atoms with Crippen molar-refractivity contribution < 1.29 is 4.74 Å². The molecular formula is C15H16BrN3O. The average Bonchev–Trinajstić information content (AvgIpc) is 2.51. The van der Waals surface area contributed by atoms with Gasteiger partial charge in [0.2, 0.25) is 0 Å². The first-order chi connectivity index (χ1) is 9.83. The van der Waals surface area contributed by atoms with E-state index in [1.165, 1.54) is 5.69 Å². The van der Waals surface area contributed by atoms with Crippen molar-refractivity contribution in [1.29, 1.82) is 0 Å². The predicted molar refractivity (Wildman–Crippen MR) is 84.7 cm³/mol. The van der Waals surface area contributed by atoms with Gasteiger partial charge in [-0.1, -0.05) is 0 Å². The van der Waals surface area contributed by atoms with E-state index in [0.29, 0.717) is 0 Å². The van der Waals surface area contributed by atoms with Gasteiger partial charge in [-0.05, 0) is 46.3 Å². The van der Waals surface area contributed by atoms with Crippen molar-refractivity contribution in [3.8, 4) is 0 Å². The van der Waals surface area contributed by atoms with Crippen LogP contribution in [-0.4, -0.2) is 31.3 Å². The van der Waals surface area contributed by atoms with Gasteiger partial charge in [0.25, 0.3) is 0 Å². The number of halogens is 1. The maximum absolute atomic E-state index is 5.37. The molecule has 1 aromatic heterocycles. The van der Waals surface area contributed by atoms with Crippen molar-refractivity contribution in [2.75, 3.05) is 36.5 Å². The van der Waals surface area contributed by atoms with Crippen LogP contribution in [0.4, 0.5) is 17.1 Å². The molecular weight excluding hydrogens is 318 g/mol. The quantitative estimate of drug-likeness (QED) is 0.933. The van der Waals surface area contributed by atoms with Crippen molar-refractivity contribution in [1.82, 2.24) is 4.98 Å². The van der Waals surface area contributed by atoms with E-state index in [-0.39, 0.29) is 0 Å². The number of ether oxygens (including phenoxy) is 1. The normalized spacial score (nSPS) is 15.2. The topological polar surface area (TPSA) is 37.4 Å². The number of nitrogens with one attached hydrogen (secondary N) is 1. The first kappa shape index (κ1) is 13.4. The Labute approximate surface area is 126 Å². The molecule has 0 unspecified atom stereocenters. The molecule has 0 radical (unpaired) electrons. The molecule has 0 spiro atoms. The second kappa shape index (κ2) is 6.24. The highest BCUT2D eigenvalue weighted by molar-refractivity contribution is 9.10. The summed E-state index contributed by atoms with van der Waals surface area (Å²) in [5, 5.41) is 3.37. The summed E-state index contributed by atoms with van der Waals surface area (Å²) in [7, 11) is 0. The van der Waals surface area contributed by atoms with Gasteiger partial charge in [-0.3, -0.25) is 4.98 Å². The maximum atomic E-state index is 5.37. The van der Waals surface area contributed by atoms with E-state index in [4.69, 9.17) is 4.74 Å². The lowest BCUT2D eigenvalue weighted by atomic mass is 10.2. The van der Waals surface area contributed by atoms with E-state index in [1.54, 1.807) is 12.4 Å². The van der Waals surface area contributed by atoms with Crippen molar-refractivity contribution >= 4 is 33.0 Å². The fraction of sp³-hybridized carbons (Fsp3) is 0.267. The van der Waals surface area contributed by atoms with E-state index < -0.39 is 0 Å². The Morgan fingerprint density at radius 2 is 1.85 bits per heavy atom. The molecule has 1 fully saturated rings. The number of nitrogens with zero attached hydrogens (tertiary/aromatic N) is 2. The van der Waals surface area contributed by atoms with Gasteiger partial charge in [0.05, 0.1) is 23.4 Å². The second-order valence-corrected chi connectivity index (χ2v) is 5.48. The van der Waals surface area contributed by atoms with Crippen LogP contribution in [0.15, 0.2) is 47.2 Å². The minimum absolute atomic E-state index is 0.809. The molecule has 0 atom stereocenters. The summed E-state index contributed by atoms with van der Waals surface area (Å²) >= 11 is 3.48. The number of morpholine rings is 1. The molecule has 1 aromatic carbocycles. The SMILES string of the molecule is Brc1cnccc1Nc1ccc(N2CCOCC2)cc1. The molecule has 0 amide bonds. The first-order valence-corrected chi connectivity index (χ1v) is 7.41. The van der Waals surface area contributed by atoms with Gasteiger partial charge in [0, 0.05) is 36.9 Å². The van der Waals surface area contributed by atoms with Crippen LogP contribution in [0.3, 0.4) is 0 Å². The summed E-state index contributed by atoms with van der Waals surface area (Å²) in [4.78, 5) is 6.40. The number of hydrogen-bond acceptors (Lipinski definition) is 4. The number of aromatic nitrogens is 1. The minimum atomic E-state index is 0.809. The van der Waals surface area contributed by atoms with Gasteiger partial charge >= 0.3 is 0 Å². The third-order valence-corrected chi connectivity index (χ3v) is 3.93. The summed E-state index contributed by atoms with van der Waals surface area (Å²) in [5.41, 5.74) is 3.32. The summed E-state index contributed by atoms with van der Waals surface area (Å²) in [6, 6.07) is 10.4. The number of pyridine rings is 1. The molecule has 4 nitrogen and oxygen atoms in total. The Balaban J connectivity index is 1.71. The zero-order valence-electron chi connectivity index (χ0n) is 11.1. The molecule has 0 bridgehead atoms. The van der Waals surface area contributed by atoms with Gasteiger partial charge in [-0.25, -0.2) is 0 Å². The van der Waals surface area contributed by atoms with Crippen LogP contribution in [0.25, 0.3) is 0 Å². The molecule has 1 saturated heterocycles. The largest absolute Gasteiger partial charge is 0.378 e. The third-order valence-electron chi connectivity index (χ3n) is 3.29. The fourth-order valence-electron chi connectivity index (χ4n) is 2.21. The fourth-order valence-corrected chi connectivity index (χ4v) is 2.56. The Hall–Kier alpha value is -1.59. The molecule has 2 heterocycles. The molecule has 104 valence electrons. The Bertz CT molecular complexity index is 568. The molecule has 0 aliphatic carbocycles. The minimum Gasteiger partial charge on any atom is -0.378 e. The number of rotatable bonds is 3. The summed E-state index contributed by atoms with van der Waals surface area (Å²) in [6.07, 6.45) is 3.56. The summed E-state index contributed by atoms with van der Waals surface area (Å²) < 4.78 is 6.33. The van der Waals surface area contributed by atoms with E-state index in [0.717, 1.165) is 42.2 Å². The maximum Gasteiger partial charge on any atom is 0.0642 e. The standard InChI is InChI=1S/C15H16BrN3O/c16-14-11-17-6-5-15(14)18-12-1-3-13(4-2-12)19-7-9-20-10-8-19/h1-6,11H,7-10H2,(H,17,18). The van der Waals surface area contributed by atoms with Crippen LogP contribution in [0.2, 0.25) is 0 Å². The van der Waals surface area contributed by atoms with Crippen molar-refractivity contribution in [3.05, 3.63) is 47.2 Å². The number of benzene rings is 1. The van der Waals surface area contributed by atoms with E-state index in [2.05, 4.69) is 55.4 Å². The lowest BCUT2D eigenvalue weighted by Gasteiger charge is -2.29. The molecule has 1 aliphatic rings. The smallest absolute Gasteiger partial charge is 0.0642 e. The Morgan fingerprint density at radius 1 is 1.10 bits per heavy atom. The van der Waals surface area contributed by atoms with Crippen molar-refractivity contribution in [3.63, 3.8) is 0 Å². The lowest BCUT2D eigenvalue weighted by Crippen LogP contribution is -2.36.